The minimum Gasteiger partial charge on any atom is -0.463 e. The first-order valence-electron chi connectivity index (χ1n) is 5.06. The van der Waals surface area contributed by atoms with Crippen molar-refractivity contribution in [1.29, 1.82) is 0 Å². The zero-order valence-corrected chi connectivity index (χ0v) is 9.20. The summed E-state index contributed by atoms with van der Waals surface area (Å²) in [4.78, 5) is 21.9. The van der Waals surface area contributed by atoms with Gasteiger partial charge in [-0.1, -0.05) is 12.7 Å². The van der Waals surface area contributed by atoms with Crippen molar-refractivity contribution in [2.75, 3.05) is 6.61 Å². The van der Waals surface area contributed by atoms with Crippen molar-refractivity contribution in [2.45, 2.75) is 26.2 Å². The summed E-state index contributed by atoms with van der Waals surface area (Å²) in [6.45, 7) is 9.26. The van der Waals surface area contributed by atoms with Crippen molar-refractivity contribution in [2.24, 2.45) is 5.92 Å². The summed E-state index contributed by atoms with van der Waals surface area (Å²) >= 11 is 0. The van der Waals surface area contributed by atoms with Crippen molar-refractivity contribution in [3.8, 4) is 0 Å². The van der Waals surface area contributed by atoms with Crippen molar-refractivity contribution in [3.63, 3.8) is 0 Å². The third kappa shape index (κ3) is 5.83. The average molecular weight is 210 g/mol. The summed E-state index contributed by atoms with van der Waals surface area (Å²) in [7, 11) is 0. The summed E-state index contributed by atoms with van der Waals surface area (Å²) in [5.41, 5.74) is 0.359. The van der Waals surface area contributed by atoms with E-state index in [1.165, 1.54) is 0 Å². The maximum atomic E-state index is 11.2. The molecule has 3 heteroatoms. The van der Waals surface area contributed by atoms with E-state index in [1.807, 2.05) is 0 Å². The molecule has 84 valence electrons. The first kappa shape index (κ1) is 13.6. The van der Waals surface area contributed by atoms with Gasteiger partial charge in [-0.25, -0.2) is 4.79 Å². The second kappa shape index (κ2) is 7.97. The predicted octanol–water partition coefficient (Wildman–Crippen LogP) is 2.28. The number of allylic oxidation sites excluding steroid dienone is 1. The van der Waals surface area contributed by atoms with Crippen LogP contribution in [0.15, 0.2) is 24.8 Å². The number of ether oxygens (including phenoxy) is 1. The molecule has 3 nitrogen and oxygen atoms in total. The Kier molecular flexibility index (Phi) is 7.24. The summed E-state index contributed by atoms with van der Waals surface area (Å²) in [6, 6.07) is 0. The number of hydrogen-bond donors (Lipinski definition) is 0. The van der Waals surface area contributed by atoms with Gasteiger partial charge < -0.3 is 9.53 Å². The first-order chi connectivity index (χ1) is 7.15. The van der Waals surface area contributed by atoms with Gasteiger partial charge >= 0.3 is 5.97 Å². The number of carbonyl (C=O) groups excluding carboxylic acids is 2. The Labute approximate surface area is 90.8 Å². The van der Waals surface area contributed by atoms with Gasteiger partial charge in [-0.3, -0.25) is 0 Å². The Morgan fingerprint density at radius 3 is 2.67 bits per heavy atom. The van der Waals surface area contributed by atoms with Crippen LogP contribution >= 0.6 is 0 Å². The fraction of sp³-hybridized carbons (Fsp3) is 0.500. The van der Waals surface area contributed by atoms with Crippen molar-refractivity contribution < 1.29 is 14.3 Å². The molecule has 0 aliphatic carbocycles. The van der Waals surface area contributed by atoms with Crippen LogP contribution in [0.4, 0.5) is 0 Å². The van der Waals surface area contributed by atoms with Crippen LogP contribution in [0.3, 0.4) is 0 Å². The lowest BCUT2D eigenvalue weighted by atomic mass is 9.97. The third-order valence-corrected chi connectivity index (χ3v) is 2.01. The molecule has 0 saturated heterocycles. The summed E-state index contributed by atoms with van der Waals surface area (Å²) < 4.78 is 4.78. The maximum Gasteiger partial charge on any atom is 0.333 e. The minimum absolute atomic E-state index is 0.167. The lowest BCUT2D eigenvalue weighted by Crippen LogP contribution is -2.11. The Balaban J connectivity index is 4.05. The molecule has 0 aromatic heterocycles. The molecule has 0 spiro atoms. The molecule has 0 radical (unpaired) electrons. The molecule has 15 heavy (non-hydrogen) atoms. The largest absolute Gasteiger partial charge is 0.463 e. The molecule has 1 atom stereocenters. The van der Waals surface area contributed by atoms with E-state index < -0.39 is 5.97 Å². The van der Waals surface area contributed by atoms with Gasteiger partial charge in [0.15, 0.2) is 0 Å². The van der Waals surface area contributed by atoms with Gasteiger partial charge in [-0.05, 0) is 26.2 Å². The molecule has 0 heterocycles. The quantitative estimate of drug-likeness (QED) is 0.267. The van der Waals surface area contributed by atoms with Crippen LogP contribution in [0.25, 0.3) is 0 Å². The molecule has 0 amide bonds. The smallest absolute Gasteiger partial charge is 0.333 e. The minimum atomic E-state index is -0.414. The summed E-state index contributed by atoms with van der Waals surface area (Å²) in [5.74, 6) is -0.581. The summed E-state index contributed by atoms with van der Waals surface area (Å²) in [6.07, 6.45) is 4.44. The first-order valence-corrected chi connectivity index (χ1v) is 5.06. The molecule has 0 aromatic carbocycles. The molecular weight excluding hydrogens is 192 g/mol. The summed E-state index contributed by atoms with van der Waals surface area (Å²) in [5, 5.41) is 0. The Morgan fingerprint density at radius 1 is 1.53 bits per heavy atom. The van der Waals surface area contributed by atoms with Gasteiger partial charge in [0.05, 0.1) is 6.61 Å². The van der Waals surface area contributed by atoms with Crippen molar-refractivity contribution in [3.05, 3.63) is 24.8 Å². The van der Waals surface area contributed by atoms with Gasteiger partial charge in [0, 0.05) is 11.5 Å². The van der Waals surface area contributed by atoms with Gasteiger partial charge in [0.25, 0.3) is 0 Å². The van der Waals surface area contributed by atoms with Crippen LogP contribution in [-0.4, -0.2) is 18.9 Å². The molecule has 0 aromatic rings. The molecular formula is C12H18O3. The Bertz CT molecular complexity index is 243. The Morgan fingerprint density at radius 2 is 2.20 bits per heavy atom. The molecule has 0 saturated carbocycles. The maximum absolute atomic E-state index is 11.2. The number of esters is 1. The van der Waals surface area contributed by atoms with E-state index in [0.717, 1.165) is 12.7 Å². The molecule has 0 unspecified atom stereocenters. The normalized spacial score (nSPS) is 11.5. The van der Waals surface area contributed by atoms with E-state index in [-0.39, 0.29) is 5.92 Å². The predicted molar refractivity (Wildman–Crippen MR) is 59.4 cm³/mol. The molecule has 0 fully saturated rings. The zero-order chi connectivity index (χ0) is 11.7. The SMILES string of the molecule is C=CCC[C@@H](C=O)CC(=C)C(=O)OCC. The highest BCUT2D eigenvalue weighted by molar-refractivity contribution is 5.88. The van der Waals surface area contributed by atoms with E-state index in [2.05, 4.69) is 13.2 Å². The highest BCUT2D eigenvalue weighted by Crippen LogP contribution is 2.15. The fourth-order valence-corrected chi connectivity index (χ4v) is 1.18. The standard InChI is InChI=1S/C12H18O3/c1-4-6-7-11(9-13)8-10(3)12(14)15-5-2/h4,9,11H,1,3,5-8H2,2H3/t11-/m1/s1. The van der Waals surface area contributed by atoms with E-state index in [4.69, 9.17) is 4.74 Å². The van der Waals surface area contributed by atoms with E-state index >= 15 is 0 Å². The van der Waals surface area contributed by atoms with Crippen molar-refractivity contribution >= 4 is 12.3 Å². The van der Waals surface area contributed by atoms with Crippen LogP contribution < -0.4 is 0 Å². The number of carbonyl (C=O) groups is 2. The highest BCUT2D eigenvalue weighted by Gasteiger charge is 2.14. The van der Waals surface area contributed by atoms with Crippen LogP contribution in [0, 0.1) is 5.92 Å². The molecule has 0 bridgehead atoms. The lowest BCUT2D eigenvalue weighted by Gasteiger charge is -2.10. The van der Waals surface area contributed by atoms with Gasteiger partial charge in [0.2, 0.25) is 0 Å². The highest BCUT2D eigenvalue weighted by atomic mass is 16.5. The van der Waals surface area contributed by atoms with Gasteiger partial charge in [-0.2, -0.15) is 0 Å². The molecule has 0 aliphatic rings. The topological polar surface area (TPSA) is 43.4 Å². The van der Waals surface area contributed by atoms with Crippen LogP contribution in [0.2, 0.25) is 0 Å². The second-order valence-corrected chi connectivity index (χ2v) is 3.29. The zero-order valence-electron chi connectivity index (χ0n) is 9.20. The molecule has 0 aliphatic heterocycles. The van der Waals surface area contributed by atoms with Gasteiger partial charge in [-0.15, -0.1) is 6.58 Å². The van der Waals surface area contributed by atoms with Crippen LogP contribution in [0.5, 0.6) is 0 Å². The second-order valence-electron chi connectivity index (χ2n) is 3.29. The fourth-order valence-electron chi connectivity index (χ4n) is 1.18. The lowest BCUT2D eigenvalue weighted by molar-refractivity contribution is -0.138. The average Bonchev–Trinajstić information content (AvgIpc) is 2.24. The van der Waals surface area contributed by atoms with E-state index in [1.54, 1.807) is 13.0 Å². The number of hydrogen-bond acceptors (Lipinski definition) is 3. The number of rotatable bonds is 8. The van der Waals surface area contributed by atoms with E-state index in [0.29, 0.717) is 25.0 Å². The van der Waals surface area contributed by atoms with Crippen molar-refractivity contribution in [1.82, 2.24) is 0 Å². The van der Waals surface area contributed by atoms with Gasteiger partial charge in [0.1, 0.15) is 6.29 Å². The number of aldehydes is 1. The monoisotopic (exact) mass is 210 g/mol. The van der Waals surface area contributed by atoms with E-state index in [9.17, 15) is 9.59 Å². The van der Waals surface area contributed by atoms with Crippen LogP contribution in [0.1, 0.15) is 26.2 Å². The molecule has 0 N–H and O–H groups in total. The Hall–Kier alpha value is -1.38. The third-order valence-electron chi connectivity index (χ3n) is 2.01. The van der Waals surface area contributed by atoms with Crippen LogP contribution in [-0.2, 0) is 14.3 Å². The molecule has 0 rings (SSSR count).